The predicted molar refractivity (Wildman–Crippen MR) is 205 cm³/mol. The first-order valence-electron chi connectivity index (χ1n) is 15.5. The monoisotopic (exact) mass is 829 g/mol. The van der Waals surface area contributed by atoms with Gasteiger partial charge >= 0.3 is 19.5 Å². The van der Waals surface area contributed by atoms with Gasteiger partial charge < -0.3 is 37.4 Å². The quantitative estimate of drug-likeness (QED) is 0.0297. The molecule has 16 heteroatoms. The molecule has 0 fully saturated rings. The third-order valence-corrected chi connectivity index (χ3v) is 7.43. The van der Waals surface area contributed by atoms with Crippen molar-refractivity contribution >= 4 is 81.5 Å². The molecule has 0 amide bonds. The number of pyridine rings is 4. The minimum Gasteiger partial charge on any atom is -0.753 e. The summed E-state index contributed by atoms with van der Waals surface area (Å²) in [5, 5.41) is 19.0. The molecule has 2 aromatic carbocycles. The van der Waals surface area contributed by atoms with Crippen LogP contribution < -0.4 is 14.4 Å². The zero-order valence-electron chi connectivity index (χ0n) is 28.2. The normalized spacial score (nSPS) is 9.60. The van der Waals surface area contributed by atoms with E-state index in [9.17, 15) is 9.59 Å². The Balaban J connectivity index is 0.000000262. The molecule has 13 nitrogen and oxygen atoms in total. The minimum absolute atomic E-state index is 0. The number of fused-ring (bicyclic) bond motifs is 6. The average Bonchev–Trinajstić information content (AvgIpc) is 3.64. The van der Waals surface area contributed by atoms with E-state index in [1.165, 1.54) is 28.6 Å². The van der Waals surface area contributed by atoms with Crippen LogP contribution >= 0.6 is 12.2 Å². The minimum atomic E-state index is 0. The van der Waals surface area contributed by atoms with Crippen LogP contribution in [0.15, 0.2) is 97.6 Å². The zero-order valence-corrected chi connectivity index (χ0v) is 31.6. The van der Waals surface area contributed by atoms with Crippen molar-refractivity contribution in [2.75, 3.05) is 18.0 Å². The number of hydrogen-bond donors (Lipinski definition) is 1. The molecule has 0 saturated carbocycles. The molecule has 0 aliphatic heterocycles. The number of isothiocyanates is 1. The number of nitrogens with zero attached hydrogens (tertiary/aromatic N) is 8. The Morgan fingerprint density at radius 3 is 1.79 bits per heavy atom. The van der Waals surface area contributed by atoms with E-state index in [4.69, 9.17) is 25.1 Å². The number of nitriles is 1. The number of benzene rings is 2. The van der Waals surface area contributed by atoms with Gasteiger partial charge in [-0.25, -0.2) is 10.2 Å². The SMILES string of the molecule is CCN(CC)c1ccc(-c2nc3c4cccnc4c4ncccc4c3[nH]2)cc1.N#C[S-].O=COc1ccnc(-c2cc(OC=O)ccn2)c1.[N-]=C=S.[Ru+2]. The fraction of sp³-hybridized carbons (Fsp3) is 0.108. The number of thiocyanates is 1. The van der Waals surface area contributed by atoms with Crippen LogP contribution in [-0.2, 0) is 41.7 Å². The molecular formula is C37H29N9O4RuS2. The molecule has 0 saturated heterocycles. The summed E-state index contributed by atoms with van der Waals surface area (Å²) < 4.78 is 9.42. The summed E-state index contributed by atoms with van der Waals surface area (Å²) in [5.41, 5.74) is 7.04. The first-order valence-corrected chi connectivity index (χ1v) is 16.3. The van der Waals surface area contributed by atoms with E-state index in [0.29, 0.717) is 35.8 Å². The first-order chi connectivity index (χ1) is 25.5. The second-order valence-corrected chi connectivity index (χ2v) is 10.6. The zero-order chi connectivity index (χ0) is 37.3. The van der Waals surface area contributed by atoms with Crippen molar-refractivity contribution in [1.82, 2.24) is 29.9 Å². The van der Waals surface area contributed by atoms with Crippen molar-refractivity contribution in [2.45, 2.75) is 13.8 Å². The number of thiocarbonyl (C=S) groups is 1. The van der Waals surface area contributed by atoms with E-state index in [-0.39, 0.29) is 19.5 Å². The molecule has 0 unspecified atom stereocenters. The van der Waals surface area contributed by atoms with Crippen LogP contribution in [-0.4, -0.2) is 61.1 Å². The van der Waals surface area contributed by atoms with Crippen LogP contribution in [0.1, 0.15) is 13.8 Å². The van der Waals surface area contributed by atoms with Gasteiger partial charge in [0.1, 0.15) is 17.3 Å². The largest absolute Gasteiger partial charge is 2.00 e. The van der Waals surface area contributed by atoms with Gasteiger partial charge in [0.25, 0.3) is 12.9 Å². The van der Waals surface area contributed by atoms with E-state index in [0.717, 1.165) is 57.3 Å². The van der Waals surface area contributed by atoms with E-state index >= 15 is 0 Å². The van der Waals surface area contributed by atoms with Gasteiger partial charge in [0.2, 0.25) is 0 Å². The fourth-order valence-corrected chi connectivity index (χ4v) is 5.26. The van der Waals surface area contributed by atoms with Crippen molar-refractivity contribution in [3.63, 3.8) is 0 Å². The molecule has 7 aromatic rings. The number of anilines is 1. The van der Waals surface area contributed by atoms with Crippen LogP contribution in [0.5, 0.6) is 11.5 Å². The summed E-state index contributed by atoms with van der Waals surface area (Å²) in [6.45, 7) is 7.01. The van der Waals surface area contributed by atoms with Crippen molar-refractivity contribution in [2.24, 2.45) is 0 Å². The van der Waals surface area contributed by atoms with Gasteiger partial charge in [-0.1, -0.05) is 17.6 Å². The summed E-state index contributed by atoms with van der Waals surface area (Å²) in [6.07, 6.45) is 6.60. The molecule has 0 spiro atoms. The Bertz CT molecular complexity index is 2240. The fourth-order valence-electron chi connectivity index (χ4n) is 5.26. The third kappa shape index (κ3) is 10.5. The number of aromatic amines is 1. The molecule has 53 heavy (non-hydrogen) atoms. The van der Waals surface area contributed by atoms with Gasteiger partial charge in [-0.3, -0.25) is 29.5 Å². The number of hydrogen-bond acceptors (Lipinski definition) is 13. The summed E-state index contributed by atoms with van der Waals surface area (Å²) in [4.78, 5) is 48.6. The second-order valence-electron chi connectivity index (χ2n) is 10.2. The van der Waals surface area contributed by atoms with Gasteiger partial charge in [-0.05, 0) is 74.5 Å². The van der Waals surface area contributed by atoms with Gasteiger partial charge in [-0.15, -0.1) is 0 Å². The second kappa shape index (κ2) is 21.3. The number of aromatic nitrogens is 6. The van der Waals surface area contributed by atoms with Crippen LogP contribution in [0.2, 0.25) is 0 Å². The Kier molecular flexibility index (Phi) is 16.6. The van der Waals surface area contributed by atoms with E-state index in [1.54, 1.807) is 24.3 Å². The van der Waals surface area contributed by atoms with Crippen molar-refractivity contribution in [3.8, 4) is 39.7 Å². The summed E-state index contributed by atoms with van der Waals surface area (Å²) in [7, 11) is 0. The molecule has 5 aromatic heterocycles. The molecule has 0 aliphatic rings. The third-order valence-electron chi connectivity index (χ3n) is 7.43. The number of nitrogens with one attached hydrogen (secondary N) is 1. The Morgan fingerprint density at radius 1 is 0.811 bits per heavy atom. The summed E-state index contributed by atoms with van der Waals surface area (Å²) in [6, 6.07) is 22.8. The summed E-state index contributed by atoms with van der Waals surface area (Å²) >= 11 is 7.40. The van der Waals surface area contributed by atoms with Crippen LogP contribution in [0.25, 0.3) is 61.0 Å². The van der Waals surface area contributed by atoms with Crippen LogP contribution in [0.4, 0.5) is 5.69 Å². The van der Waals surface area contributed by atoms with Crippen molar-refractivity contribution in [3.05, 3.63) is 103 Å². The molecule has 1 N–H and O–H groups in total. The number of carbonyl (C=O) groups is 2. The molecule has 0 aliphatic carbocycles. The van der Waals surface area contributed by atoms with Gasteiger partial charge in [0.05, 0.1) is 33.5 Å². The van der Waals surface area contributed by atoms with Gasteiger partial charge in [0, 0.05) is 72.0 Å². The van der Waals surface area contributed by atoms with E-state index in [2.05, 4.69) is 105 Å². The maximum atomic E-state index is 10.2. The summed E-state index contributed by atoms with van der Waals surface area (Å²) in [5.74, 6) is 1.58. The number of imidazole rings is 1. The number of ether oxygens (including phenoxy) is 2. The first kappa shape index (κ1) is 41.3. The maximum absolute atomic E-state index is 10.2. The van der Waals surface area contributed by atoms with Crippen LogP contribution in [0, 0.1) is 10.7 Å². The topological polar surface area (TPSA) is 182 Å². The van der Waals surface area contributed by atoms with Crippen molar-refractivity contribution < 1.29 is 38.5 Å². The molecule has 0 bridgehead atoms. The van der Waals surface area contributed by atoms with Crippen molar-refractivity contribution in [1.29, 1.82) is 5.26 Å². The molecule has 0 atom stereocenters. The maximum Gasteiger partial charge on any atom is 2.00 e. The average molecular weight is 829 g/mol. The van der Waals surface area contributed by atoms with E-state index in [1.807, 2.05) is 24.5 Å². The van der Waals surface area contributed by atoms with E-state index < -0.39 is 0 Å². The molecule has 5 heterocycles. The Labute approximate surface area is 328 Å². The molecule has 7 rings (SSSR count). The predicted octanol–water partition coefficient (Wildman–Crippen LogP) is 7.06. The molecule has 266 valence electrons. The number of H-pyrrole nitrogens is 1. The van der Waals surface area contributed by atoms with Crippen LogP contribution in [0.3, 0.4) is 0 Å². The number of carbonyl (C=O) groups excluding carboxylic acids is 2. The van der Waals surface area contributed by atoms with Gasteiger partial charge in [-0.2, -0.15) is 5.16 Å². The van der Waals surface area contributed by atoms with Gasteiger partial charge in [0.15, 0.2) is 0 Å². The standard InChI is InChI=1S/C23H21N5.C12H8N2O4.CHNS.CNS.Ru/c1-3-28(4-2)16-11-9-15(10-12-16)23-26-21-17-7-5-13-24-19(17)20-18(22(21)27-23)8-6-14-25-20;15-7-17-9-1-3-13-11(5-9)12-6-10(18-8-16)2-4-14-12;2*2-1-3;/h5-14H,3-4H2,1-2H3,(H,26,27);1-8H;3H;;/q;;;-1;+2/p-1. The Hall–Kier alpha value is -6.10. The Morgan fingerprint density at radius 2 is 1.30 bits per heavy atom. The smallest absolute Gasteiger partial charge is 0.753 e. The number of rotatable bonds is 9. The molecular weight excluding hydrogens is 800 g/mol. The molecule has 0 radical (unpaired) electrons.